The highest BCUT2D eigenvalue weighted by Gasteiger charge is 2.30. The second-order valence-electron chi connectivity index (χ2n) is 8.25. The van der Waals surface area contributed by atoms with Crippen LogP contribution in [0, 0.1) is 11.3 Å². The van der Waals surface area contributed by atoms with E-state index >= 15 is 0 Å². The Kier molecular flexibility index (Phi) is 7.05. The second kappa shape index (κ2) is 9.95. The number of halogens is 2. The molecule has 1 saturated heterocycles. The Morgan fingerprint density at radius 2 is 1.88 bits per heavy atom. The van der Waals surface area contributed by atoms with Gasteiger partial charge in [0.15, 0.2) is 0 Å². The number of rotatable bonds is 6. The monoisotopic (exact) mass is 467 g/mol. The molecule has 32 heavy (non-hydrogen) atoms. The van der Waals surface area contributed by atoms with Crippen LogP contribution in [-0.2, 0) is 6.42 Å². The molecule has 0 amide bonds. The minimum absolute atomic E-state index is 0.106. The molecule has 1 unspecified atom stereocenters. The molecule has 166 valence electrons. The first-order chi connectivity index (χ1) is 15.5. The standard InChI is InChI=1S/C25H27Cl2N5/c1-3-25-29-10-11-31(25)18(2)16-30-12-13-32(23-9-8-22(27)14-20(23)15-28)24(17-30)19-4-6-21(26)7-5-19/h4-11,14,18,24H,3,12-13,16-17H2,1-2H3/t18?,24-/m0/s1. The number of imidazole rings is 1. The van der Waals surface area contributed by atoms with Crippen molar-refractivity contribution in [3.05, 3.63) is 81.9 Å². The average Bonchev–Trinajstić information content (AvgIpc) is 3.29. The maximum absolute atomic E-state index is 9.72. The Balaban J connectivity index is 1.61. The third-order valence-electron chi connectivity index (χ3n) is 6.17. The Labute approximate surface area is 199 Å². The van der Waals surface area contributed by atoms with Crippen molar-refractivity contribution >= 4 is 28.9 Å². The lowest BCUT2D eigenvalue weighted by Crippen LogP contribution is -2.50. The third kappa shape index (κ3) is 4.78. The van der Waals surface area contributed by atoms with E-state index in [4.69, 9.17) is 23.2 Å². The number of anilines is 1. The predicted molar refractivity (Wildman–Crippen MR) is 130 cm³/mol. The molecule has 0 aliphatic carbocycles. The number of aromatic nitrogens is 2. The molecule has 2 atom stereocenters. The molecule has 0 spiro atoms. The highest BCUT2D eigenvalue weighted by atomic mass is 35.5. The molecule has 3 aromatic rings. The average molecular weight is 468 g/mol. The molecule has 1 aromatic heterocycles. The van der Waals surface area contributed by atoms with Gasteiger partial charge in [0.25, 0.3) is 0 Å². The molecule has 0 saturated carbocycles. The first-order valence-electron chi connectivity index (χ1n) is 11.0. The van der Waals surface area contributed by atoms with Crippen LogP contribution < -0.4 is 4.90 Å². The van der Waals surface area contributed by atoms with E-state index < -0.39 is 0 Å². The first-order valence-corrected chi connectivity index (χ1v) is 11.7. The van der Waals surface area contributed by atoms with Gasteiger partial charge in [0.1, 0.15) is 11.9 Å². The number of hydrogen-bond acceptors (Lipinski definition) is 4. The quantitative estimate of drug-likeness (QED) is 0.462. The number of benzene rings is 2. The van der Waals surface area contributed by atoms with E-state index in [1.165, 1.54) is 5.56 Å². The fourth-order valence-electron chi connectivity index (χ4n) is 4.59. The summed E-state index contributed by atoms with van der Waals surface area (Å²) in [4.78, 5) is 9.31. The molecule has 2 aromatic carbocycles. The van der Waals surface area contributed by atoms with Crippen LogP contribution >= 0.6 is 23.2 Å². The molecule has 1 aliphatic rings. The normalized spacial score (nSPS) is 17.8. The van der Waals surface area contributed by atoms with Gasteiger partial charge in [0, 0.05) is 61.1 Å². The van der Waals surface area contributed by atoms with Gasteiger partial charge in [0.05, 0.1) is 17.3 Å². The molecule has 2 heterocycles. The van der Waals surface area contributed by atoms with Crippen LogP contribution in [0.3, 0.4) is 0 Å². The van der Waals surface area contributed by atoms with Gasteiger partial charge in [-0.15, -0.1) is 0 Å². The van der Waals surface area contributed by atoms with Crippen molar-refractivity contribution in [1.29, 1.82) is 5.26 Å². The Hall–Kier alpha value is -2.52. The van der Waals surface area contributed by atoms with Crippen molar-refractivity contribution in [2.75, 3.05) is 31.1 Å². The van der Waals surface area contributed by atoms with E-state index in [0.29, 0.717) is 16.6 Å². The topological polar surface area (TPSA) is 48.1 Å². The minimum atomic E-state index is 0.106. The predicted octanol–water partition coefficient (Wildman–Crippen LogP) is 5.75. The number of piperazine rings is 1. The van der Waals surface area contributed by atoms with Crippen LogP contribution in [0.5, 0.6) is 0 Å². The smallest absolute Gasteiger partial charge is 0.108 e. The largest absolute Gasteiger partial charge is 0.361 e. The van der Waals surface area contributed by atoms with Crippen LogP contribution in [0.2, 0.25) is 10.0 Å². The van der Waals surface area contributed by atoms with E-state index in [9.17, 15) is 5.26 Å². The molecule has 4 rings (SSSR count). The van der Waals surface area contributed by atoms with Crippen molar-refractivity contribution in [1.82, 2.24) is 14.5 Å². The van der Waals surface area contributed by atoms with Crippen molar-refractivity contribution in [3.63, 3.8) is 0 Å². The van der Waals surface area contributed by atoms with E-state index in [2.05, 4.69) is 57.6 Å². The summed E-state index contributed by atoms with van der Waals surface area (Å²) in [7, 11) is 0. The van der Waals surface area contributed by atoms with Crippen molar-refractivity contribution in [2.45, 2.75) is 32.4 Å². The molecule has 0 bridgehead atoms. The summed E-state index contributed by atoms with van der Waals surface area (Å²) in [6, 6.07) is 16.3. The zero-order chi connectivity index (χ0) is 22.7. The van der Waals surface area contributed by atoms with Gasteiger partial charge in [-0.2, -0.15) is 5.26 Å². The summed E-state index contributed by atoms with van der Waals surface area (Å²) in [5, 5.41) is 11.0. The number of nitrogens with zero attached hydrogens (tertiary/aromatic N) is 5. The fourth-order valence-corrected chi connectivity index (χ4v) is 4.89. The van der Waals surface area contributed by atoms with Crippen LogP contribution in [0.15, 0.2) is 54.9 Å². The Bertz CT molecular complexity index is 1100. The molecule has 0 radical (unpaired) electrons. The van der Waals surface area contributed by atoms with E-state index in [-0.39, 0.29) is 6.04 Å². The van der Waals surface area contributed by atoms with Crippen molar-refractivity contribution < 1.29 is 0 Å². The van der Waals surface area contributed by atoms with E-state index in [1.807, 2.05) is 30.5 Å². The highest BCUT2D eigenvalue weighted by Crippen LogP contribution is 2.34. The summed E-state index contributed by atoms with van der Waals surface area (Å²) >= 11 is 12.3. The lowest BCUT2D eigenvalue weighted by Gasteiger charge is -2.44. The maximum atomic E-state index is 9.72. The van der Waals surface area contributed by atoms with Gasteiger partial charge < -0.3 is 9.47 Å². The zero-order valence-electron chi connectivity index (χ0n) is 18.4. The SMILES string of the molecule is CCc1nccn1C(C)CN1CCN(c2ccc(Cl)cc2C#N)[C@H](c2ccc(Cl)cc2)C1. The Morgan fingerprint density at radius 3 is 2.59 bits per heavy atom. The van der Waals surface area contributed by atoms with Gasteiger partial charge in [0.2, 0.25) is 0 Å². The van der Waals surface area contributed by atoms with Gasteiger partial charge in [-0.1, -0.05) is 42.3 Å². The third-order valence-corrected chi connectivity index (χ3v) is 6.66. The van der Waals surface area contributed by atoms with Gasteiger partial charge in [-0.25, -0.2) is 4.98 Å². The van der Waals surface area contributed by atoms with Gasteiger partial charge >= 0.3 is 0 Å². The summed E-state index contributed by atoms with van der Waals surface area (Å²) < 4.78 is 2.27. The number of hydrogen-bond donors (Lipinski definition) is 0. The lowest BCUT2D eigenvalue weighted by atomic mass is 9.99. The summed E-state index contributed by atoms with van der Waals surface area (Å²) in [6.07, 6.45) is 4.88. The highest BCUT2D eigenvalue weighted by molar-refractivity contribution is 6.31. The van der Waals surface area contributed by atoms with Crippen LogP contribution in [-0.4, -0.2) is 40.6 Å². The maximum Gasteiger partial charge on any atom is 0.108 e. The summed E-state index contributed by atoms with van der Waals surface area (Å²) in [6.45, 7) is 7.92. The van der Waals surface area contributed by atoms with Crippen LogP contribution in [0.1, 0.15) is 42.9 Å². The van der Waals surface area contributed by atoms with E-state index in [1.54, 1.807) is 6.07 Å². The molecule has 7 heteroatoms. The first kappa shape index (κ1) is 22.7. The molecule has 0 N–H and O–H groups in total. The van der Waals surface area contributed by atoms with Gasteiger partial charge in [-0.3, -0.25) is 4.90 Å². The number of aryl methyl sites for hydroxylation is 1. The molecule has 5 nitrogen and oxygen atoms in total. The van der Waals surface area contributed by atoms with Crippen molar-refractivity contribution in [2.24, 2.45) is 0 Å². The zero-order valence-corrected chi connectivity index (χ0v) is 19.9. The molecule has 1 fully saturated rings. The van der Waals surface area contributed by atoms with E-state index in [0.717, 1.165) is 49.1 Å². The molecular weight excluding hydrogens is 441 g/mol. The fraction of sp³-hybridized carbons (Fsp3) is 0.360. The van der Waals surface area contributed by atoms with Crippen LogP contribution in [0.4, 0.5) is 5.69 Å². The number of nitriles is 1. The summed E-state index contributed by atoms with van der Waals surface area (Å²) in [5.41, 5.74) is 2.71. The molecular formula is C25H27Cl2N5. The lowest BCUT2D eigenvalue weighted by molar-refractivity contribution is 0.196. The van der Waals surface area contributed by atoms with Gasteiger partial charge in [-0.05, 0) is 42.8 Å². The van der Waals surface area contributed by atoms with Crippen LogP contribution in [0.25, 0.3) is 0 Å². The van der Waals surface area contributed by atoms with Crippen molar-refractivity contribution in [3.8, 4) is 6.07 Å². The second-order valence-corrected chi connectivity index (χ2v) is 9.12. The Morgan fingerprint density at radius 1 is 1.12 bits per heavy atom. The minimum Gasteiger partial charge on any atom is -0.361 e. The molecule has 1 aliphatic heterocycles. The summed E-state index contributed by atoms with van der Waals surface area (Å²) in [5.74, 6) is 1.12.